The molecule has 5 nitrogen and oxygen atoms in total. The molecule has 5 rings (SSSR count). The number of aromatic nitrogens is 3. The molecule has 0 unspecified atom stereocenters. The monoisotopic (exact) mass is 328 g/mol. The third kappa shape index (κ3) is 2.09. The quantitative estimate of drug-likeness (QED) is 0.558. The Morgan fingerprint density at radius 3 is 2.84 bits per heavy atom. The topological polar surface area (TPSA) is 63.0 Å². The third-order valence-electron chi connectivity index (χ3n) is 4.68. The van der Waals surface area contributed by atoms with E-state index in [0.29, 0.717) is 13.0 Å². The maximum absolute atomic E-state index is 10.9. The first-order valence-corrected chi connectivity index (χ1v) is 8.31. The van der Waals surface area contributed by atoms with Gasteiger partial charge in [0, 0.05) is 29.3 Å². The Labute approximate surface area is 144 Å². The van der Waals surface area contributed by atoms with E-state index in [4.69, 9.17) is 5.10 Å². The molecule has 0 radical (unpaired) electrons. The largest absolute Gasteiger partial charge is 0.493 e. The fraction of sp³-hybridized carbons (Fsp3) is 0.100. The van der Waals surface area contributed by atoms with Gasteiger partial charge in [-0.3, -0.25) is 0 Å². The van der Waals surface area contributed by atoms with Gasteiger partial charge < -0.3 is 10.4 Å². The first-order chi connectivity index (χ1) is 12.3. The van der Waals surface area contributed by atoms with Crippen LogP contribution in [0.2, 0.25) is 0 Å². The summed E-state index contributed by atoms with van der Waals surface area (Å²) in [5.41, 5.74) is 3.44. The lowest BCUT2D eigenvalue weighted by Crippen LogP contribution is -2.04. The summed E-state index contributed by atoms with van der Waals surface area (Å²) in [6, 6.07) is 18.0. The molecule has 0 saturated heterocycles. The van der Waals surface area contributed by atoms with Crippen LogP contribution in [-0.4, -0.2) is 26.4 Å². The van der Waals surface area contributed by atoms with Crippen molar-refractivity contribution in [2.45, 2.75) is 6.42 Å². The Morgan fingerprint density at radius 2 is 1.88 bits per heavy atom. The van der Waals surface area contributed by atoms with Crippen LogP contribution in [0.4, 0.5) is 5.82 Å². The first kappa shape index (κ1) is 14.0. The van der Waals surface area contributed by atoms with Gasteiger partial charge in [0.2, 0.25) is 5.88 Å². The maximum atomic E-state index is 10.9. The molecule has 0 amide bonds. The fourth-order valence-electron chi connectivity index (χ4n) is 3.49. The Balaban J connectivity index is 1.79. The number of fused-ring (bicyclic) bond motifs is 4. The lowest BCUT2D eigenvalue weighted by atomic mass is 10.1. The molecule has 0 aliphatic carbocycles. The summed E-state index contributed by atoms with van der Waals surface area (Å²) in [5, 5.41) is 21.1. The predicted octanol–water partition coefficient (Wildman–Crippen LogP) is 3.76. The van der Waals surface area contributed by atoms with Crippen molar-refractivity contribution >= 4 is 16.6 Å². The van der Waals surface area contributed by atoms with Gasteiger partial charge in [-0.05, 0) is 30.0 Å². The summed E-state index contributed by atoms with van der Waals surface area (Å²) in [5.74, 6) is 1.01. The SMILES string of the molecule is Oc1c2c(nn1-c1cccc3ccccc13)-c1cccnc1NCC2. The minimum Gasteiger partial charge on any atom is -0.493 e. The van der Waals surface area contributed by atoms with Crippen molar-refractivity contribution in [1.82, 2.24) is 14.8 Å². The summed E-state index contributed by atoms with van der Waals surface area (Å²) < 4.78 is 1.65. The van der Waals surface area contributed by atoms with E-state index in [1.807, 2.05) is 42.5 Å². The molecule has 2 aromatic carbocycles. The molecule has 1 aliphatic rings. The number of rotatable bonds is 1. The van der Waals surface area contributed by atoms with E-state index in [1.54, 1.807) is 10.9 Å². The molecule has 0 bridgehead atoms. The van der Waals surface area contributed by atoms with Crippen LogP contribution in [0.5, 0.6) is 5.88 Å². The molecule has 4 aromatic rings. The van der Waals surface area contributed by atoms with E-state index in [9.17, 15) is 5.11 Å². The first-order valence-electron chi connectivity index (χ1n) is 8.31. The number of aromatic hydroxyl groups is 1. The summed E-state index contributed by atoms with van der Waals surface area (Å²) in [6.45, 7) is 0.714. The van der Waals surface area contributed by atoms with Crippen molar-refractivity contribution in [3.63, 3.8) is 0 Å². The van der Waals surface area contributed by atoms with Crippen LogP contribution < -0.4 is 5.32 Å². The molecular formula is C20H16N4O. The van der Waals surface area contributed by atoms with Gasteiger partial charge in [-0.15, -0.1) is 0 Å². The summed E-state index contributed by atoms with van der Waals surface area (Å²) >= 11 is 0. The van der Waals surface area contributed by atoms with Crippen molar-refractivity contribution in [1.29, 1.82) is 0 Å². The molecule has 122 valence electrons. The van der Waals surface area contributed by atoms with Gasteiger partial charge in [-0.25, -0.2) is 4.98 Å². The van der Waals surface area contributed by atoms with Gasteiger partial charge in [0.25, 0.3) is 0 Å². The maximum Gasteiger partial charge on any atom is 0.218 e. The molecule has 2 N–H and O–H groups in total. The molecule has 0 spiro atoms. The van der Waals surface area contributed by atoms with Gasteiger partial charge in [-0.1, -0.05) is 36.4 Å². The normalized spacial score (nSPS) is 13.0. The van der Waals surface area contributed by atoms with Gasteiger partial charge in [-0.2, -0.15) is 9.78 Å². The zero-order chi connectivity index (χ0) is 16.8. The van der Waals surface area contributed by atoms with Crippen molar-refractivity contribution in [3.05, 3.63) is 66.4 Å². The van der Waals surface area contributed by atoms with Gasteiger partial charge in [0.05, 0.1) is 5.69 Å². The van der Waals surface area contributed by atoms with Crippen LogP contribution in [0.25, 0.3) is 27.7 Å². The zero-order valence-corrected chi connectivity index (χ0v) is 13.5. The lowest BCUT2D eigenvalue weighted by Gasteiger charge is -2.09. The van der Waals surface area contributed by atoms with E-state index >= 15 is 0 Å². The second kappa shape index (κ2) is 5.34. The molecule has 0 saturated carbocycles. The highest BCUT2D eigenvalue weighted by Gasteiger charge is 2.24. The Kier molecular flexibility index (Phi) is 3.00. The average Bonchev–Trinajstić information content (AvgIpc) is 2.86. The number of nitrogens with one attached hydrogen (secondary N) is 1. The minimum atomic E-state index is 0.199. The van der Waals surface area contributed by atoms with E-state index < -0.39 is 0 Å². The lowest BCUT2D eigenvalue weighted by molar-refractivity contribution is 0.428. The molecule has 0 atom stereocenters. The average molecular weight is 328 g/mol. The van der Waals surface area contributed by atoms with Crippen molar-refractivity contribution in [2.75, 3.05) is 11.9 Å². The Morgan fingerprint density at radius 1 is 1.00 bits per heavy atom. The van der Waals surface area contributed by atoms with Crippen molar-refractivity contribution in [2.24, 2.45) is 0 Å². The molecule has 0 fully saturated rings. The minimum absolute atomic E-state index is 0.199. The zero-order valence-electron chi connectivity index (χ0n) is 13.5. The van der Waals surface area contributed by atoms with E-state index in [0.717, 1.165) is 39.1 Å². The van der Waals surface area contributed by atoms with Crippen LogP contribution in [0.3, 0.4) is 0 Å². The smallest absolute Gasteiger partial charge is 0.218 e. The van der Waals surface area contributed by atoms with Crippen LogP contribution in [-0.2, 0) is 6.42 Å². The van der Waals surface area contributed by atoms with Crippen molar-refractivity contribution < 1.29 is 5.11 Å². The Hall–Kier alpha value is -3.34. The fourth-order valence-corrected chi connectivity index (χ4v) is 3.49. The highest BCUT2D eigenvalue weighted by atomic mass is 16.3. The third-order valence-corrected chi connectivity index (χ3v) is 4.68. The van der Waals surface area contributed by atoms with E-state index in [2.05, 4.69) is 22.4 Å². The van der Waals surface area contributed by atoms with E-state index in [-0.39, 0.29) is 5.88 Å². The van der Waals surface area contributed by atoms with Gasteiger partial charge in [0.15, 0.2) is 0 Å². The van der Waals surface area contributed by atoms with Crippen LogP contribution in [0.1, 0.15) is 5.56 Å². The number of pyridine rings is 1. The Bertz CT molecular complexity index is 1090. The summed E-state index contributed by atoms with van der Waals surface area (Å²) in [7, 11) is 0. The van der Waals surface area contributed by atoms with Crippen LogP contribution in [0.15, 0.2) is 60.8 Å². The van der Waals surface area contributed by atoms with Crippen LogP contribution >= 0.6 is 0 Å². The standard InChI is InChI=1S/C20H16N4O/c25-20-16-10-12-22-19-15(8-4-11-21-19)18(16)23-24(20)17-9-3-6-13-5-1-2-7-14(13)17/h1-9,11,25H,10,12H2,(H,21,22). The molecular weight excluding hydrogens is 312 g/mol. The predicted molar refractivity (Wildman–Crippen MR) is 98.2 cm³/mol. The van der Waals surface area contributed by atoms with Gasteiger partial charge >= 0.3 is 0 Å². The summed E-state index contributed by atoms with van der Waals surface area (Å²) in [6.07, 6.45) is 2.46. The second-order valence-electron chi connectivity index (χ2n) is 6.14. The van der Waals surface area contributed by atoms with Crippen molar-refractivity contribution in [3.8, 4) is 22.8 Å². The van der Waals surface area contributed by atoms with Crippen LogP contribution in [0, 0.1) is 0 Å². The van der Waals surface area contributed by atoms with E-state index in [1.165, 1.54) is 0 Å². The molecule has 5 heteroatoms. The number of benzene rings is 2. The number of hydrogen-bond acceptors (Lipinski definition) is 4. The summed E-state index contributed by atoms with van der Waals surface area (Å²) in [4.78, 5) is 4.40. The molecule has 2 aromatic heterocycles. The highest BCUT2D eigenvalue weighted by Crippen LogP contribution is 2.37. The molecule has 25 heavy (non-hydrogen) atoms. The highest BCUT2D eigenvalue weighted by molar-refractivity contribution is 5.90. The molecule has 1 aliphatic heterocycles. The molecule has 3 heterocycles. The second-order valence-corrected chi connectivity index (χ2v) is 6.14. The number of nitrogens with zero attached hydrogens (tertiary/aromatic N) is 3. The number of anilines is 1. The van der Waals surface area contributed by atoms with Gasteiger partial charge in [0.1, 0.15) is 11.5 Å². The number of hydrogen-bond donors (Lipinski definition) is 2.